The molecule has 0 saturated carbocycles. The summed E-state index contributed by atoms with van der Waals surface area (Å²) in [5, 5.41) is 14.3. The maximum atomic E-state index is 13.2. The Bertz CT molecular complexity index is 1410. The lowest BCUT2D eigenvalue weighted by Crippen LogP contribution is -2.31. The maximum Gasteiger partial charge on any atom is 0.277 e. The number of sulfonamides is 1. The smallest absolute Gasteiger partial charge is 0.277 e. The minimum atomic E-state index is -3.80. The summed E-state index contributed by atoms with van der Waals surface area (Å²) in [6.45, 7) is 5.39. The second-order valence-electron chi connectivity index (χ2n) is 9.70. The van der Waals surface area contributed by atoms with Gasteiger partial charge in [0.05, 0.1) is 28.9 Å². The van der Waals surface area contributed by atoms with Crippen molar-refractivity contribution < 1.29 is 18.3 Å². The van der Waals surface area contributed by atoms with Crippen LogP contribution in [0.1, 0.15) is 45.2 Å². The highest BCUT2D eigenvalue weighted by atomic mass is 32.2. The van der Waals surface area contributed by atoms with Crippen molar-refractivity contribution in [1.82, 2.24) is 29.4 Å². The van der Waals surface area contributed by atoms with Gasteiger partial charge in [-0.15, -0.1) is 0 Å². The zero-order valence-electron chi connectivity index (χ0n) is 21.8. The first-order valence-electron chi connectivity index (χ1n) is 12.7. The predicted octanol–water partition coefficient (Wildman–Crippen LogP) is 1.80. The van der Waals surface area contributed by atoms with Gasteiger partial charge in [0.1, 0.15) is 17.1 Å². The van der Waals surface area contributed by atoms with E-state index in [2.05, 4.69) is 31.7 Å². The molecule has 12 heteroatoms. The van der Waals surface area contributed by atoms with Gasteiger partial charge < -0.3 is 19.7 Å². The average molecular weight is 533 g/mol. The van der Waals surface area contributed by atoms with Gasteiger partial charge in [0.2, 0.25) is 10.0 Å². The van der Waals surface area contributed by atoms with Crippen molar-refractivity contribution in [3.63, 3.8) is 0 Å². The van der Waals surface area contributed by atoms with E-state index >= 15 is 0 Å². The van der Waals surface area contributed by atoms with Crippen molar-refractivity contribution in [3.05, 3.63) is 34.2 Å². The Morgan fingerprint density at radius 3 is 2.78 bits per heavy atom. The number of aromatic nitrogens is 4. The number of fused-ring (bicyclic) bond motifs is 1. The molecule has 3 heterocycles. The van der Waals surface area contributed by atoms with Crippen LogP contribution in [0.4, 0.5) is 0 Å². The molecule has 37 heavy (non-hydrogen) atoms. The Labute approximate surface area is 216 Å². The number of aryl methyl sites for hydroxylation is 1. The monoisotopic (exact) mass is 532 g/mol. The molecule has 0 spiro atoms. The molecule has 2 atom stereocenters. The fourth-order valence-electron chi connectivity index (χ4n) is 4.78. The molecule has 1 aliphatic heterocycles. The number of H-pyrrole nitrogens is 1. The van der Waals surface area contributed by atoms with Crippen LogP contribution in [0.5, 0.6) is 5.75 Å². The van der Waals surface area contributed by atoms with Gasteiger partial charge in [-0.1, -0.05) is 6.92 Å². The summed E-state index contributed by atoms with van der Waals surface area (Å²) in [7, 11) is -0.0994. The molecule has 0 bridgehead atoms. The van der Waals surface area contributed by atoms with Crippen LogP contribution in [0, 0.1) is 0 Å². The molecule has 2 aromatic heterocycles. The lowest BCUT2D eigenvalue weighted by molar-refractivity contribution is 0.194. The van der Waals surface area contributed by atoms with Gasteiger partial charge in [-0.2, -0.15) is 5.10 Å². The first-order valence-corrected chi connectivity index (χ1v) is 14.2. The Morgan fingerprint density at radius 2 is 2.11 bits per heavy atom. The van der Waals surface area contributed by atoms with E-state index in [1.165, 1.54) is 16.8 Å². The molecule has 11 nitrogen and oxygen atoms in total. The molecule has 3 N–H and O–H groups in total. The fourth-order valence-corrected chi connectivity index (χ4v) is 5.85. The minimum Gasteiger partial charge on any atom is -0.493 e. The molecule has 202 valence electrons. The molecule has 4 rings (SSSR count). The lowest BCUT2D eigenvalue weighted by Gasteiger charge is -2.19. The number of hydrogen-bond donors (Lipinski definition) is 3. The molecule has 0 amide bonds. The number of aromatic amines is 1. The molecule has 0 radical (unpaired) electrons. The molecule has 2 unspecified atom stereocenters. The highest BCUT2D eigenvalue weighted by Crippen LogP contribution is 2.31. The van der Waals surface area contributed by atoms with Crippen molar-refractivity contribution in [2.75, 3.05) is 26.7 Å². The van der Waals surface area contributed by atoms with Gasteiger partial charge in [-0.05, 0) is 64.4 Å². The quantitative estimate of drug-likeness (QED) is 0.339. The van der Waals surface area contributed by atoms with Gasteiger partial charge in [-0.3, -0.25) is 9.48 Å². The molecule has 1 aliphatic rings. The molecule has 3 aromatic rings. The molecule has 0 aliphatic carbocycles. The molecule has 1 saturated heterocycles. The third-order valence-electron chi connectivity index (χ3n) is 6.67. The van der Waals surface area contributed by atoms with Gasteiger partial charge in [0.25, 0.3) is 5.56 Å². The van der Waals surface area contributed by atoms with E-state index in [4.69, 9.17) is 4.74 Å². The molecule has 1 fully saturated rings. The average Bonchev–Trinajstić information content (AvgIpc) is 3.39. The van der Waals surface area contributed by atoms with E-state index < -0.39 is 21.7 Å². The summed E-state index contributed by atoms with van der Waals surface area (Å²) in [6, 6.07) is 4.94. The summed E-state index contributed by atoms with van der Waals surface area (Å²) in [6.07, 6.45) is 3.23. The maximum absolute atomic E-state index is 13.2. The van der Waals surface area contributed by atoms with Crippen LogP contribution in [-0.4, -0.2) is 77.1 Å². The minimum absolute atomic E-state index is 0.0595. The van der Waals surface area contributed by atoms with Crippen molar-refractivity contribution in [1.29, 1.82) is 0 Å². The summed E-state index contributed by atoms with van der Waals surface area (Å²) in [5.74, 6) is 0.588. The SMILES string of the molecule is CCCOc1ccc(S(=O)(=O)NCCC2CCCN2C)cc1-c1nc2c(CC(C)O)nn(C)c2c(=O)[nH]1. The van der Waals surface area contributed by atoms with Gasteiger partial charge in [0.15, 0.2) is 5.52 Å². The number of aliphatic hydroxyl groups excluding tert-OH is 1. The topological polar surface area (TPSA) is 142 Å². The zero-order chi connectivity index (χ0) is 26.7. The highest BCUT2D eigenvalue weighted by molar-refractivity contribution is 7.89. The van der Waals surface area contributed by atoms with Crippen LogP contribution >= 0.6 is 0 Å². The van der Waals surface area contributed by atoms with E-state index in [1.54, 1.807) is 20.0 Å². The van der Waals surface area contributed by atoms with E-state index in [0.717, 1.165) is 32.2 Å². The largest absolute Gasteiger partial charge is 0.493 e. The normalized spacial score (nSPS) is 17.5. The summed E-state index contributed by atoms with van der Waals surface area (Å²) >= 11 is 0. The fraction of sp³-hybridized carbons (Fsp3) is 0.560. The van der Waals surface area contributed by atoms with Crippen LogP contribution in [0.3, 0.4) is 0 Å². The van der Waals surface area contributed by atoms with E-state index in [0.29, 0.717) is 41.7 Å². The van der Waals surface area contributed by atoms with Crippen LogP contribution in [0.15, 0.2) is 27.9 Å². The number of likely N-dealkylation sites (tertiary alicyclic amines) is 1. The van der Waals surface area contributed by atoms with Gasteiger partial charge >= 0.3 is 0 Å². The van der Waals surface area contributed by atoms with Crippen LogP contribution in [0.25, 0.3) is 22.4 Å². The molecule has 1 aromatic carbocycles. The Hall–Kier alpha value is -2.80. The van der Waals surface area contributed by atoms with Crippen molar-refractivity contribution in [2.24, 2.45) is 7.05 Å². The van der Waals surface area contributed by atoms with Crippen molar-refractivity contribution in [3.8, 4) is 17.1 Å². The standard InChI is InChI=1S/C25H36N6O5S/c1-5-13-36-21-9-8-18(37(34,35)26-11-10-17-7-6-12-30(17)3)15-19(21)24-27-22-20(14-16(2)32)29-31(4)23(22)25(33)28-24/h8-9,15-17,26,32H,5-7,10-14H2,1-4H3,(H,27,28,33). The first kappa shape index (κ1) is 27.2. The molecular weight excluding hydrogens is 496 g/mol. The van der Waals surface area contributed by atoms with E-state index in [-0.39, 0.29) is 22.7 Å². The summed E-state index contributed by atoms with van der Waals surface area (Å²) in [5.41, 5.74) is 1.06. The number of rotatable bonds is 11. The Balaban J connectivity index is 1.71. The zero-order valence-corrected chi connectivity index (χ0v) is 22.6. The van der Waals surface area contributed by atoms with Crippen LogP contribution in [-0.2, 0) is 23.5 Å². The molecular formula is C25H36N6O5S. The van der Waals surface area contributed by atoms with Crippen LogP contribution in [0.2, 0.25) is 0 Å². The lowest BCUT2D eigenvalue weighted by atomic mass is 10.1. The summed E-state index contributed by atoms with van der Waals surface area (Å²) in [4.78, 5) is 22.7. The second kappa shape index (κ2) is 11.3. The highest BCUT2D eigenvalue weighted by Gasteiger charge is 2.24. The van der Waals surface area contributed by atoms with Crippen molar-refractivity contribution >= 4 is 21.1 Å². The number of aliphatic hydroxyl groups is 1. The third-order valence-corrected chi connectivity index (χ3v) is 8.13. The van der Waals surface area contributed by atoms with Gasteiger partial charge in [-0.25, -0.2) is 18.1 Å². The Kier molecular flexibility index (Phi) is 8.32. The number of hydrogen-bond acceptors (Lipinski definition) is 8. The first-order chi connectivity index (χ1) is 17.6. The number of nitrogens with zero attached hydrogens (tertiary/aromatic N) is 4. The third kappa shape index (κ3) is 6.03. The Morgan fingerprint density at radius 1 is 1.32 bits per heavy atom. The van der Waals surface area contributed by atoms with Gasteiger partial charge in [0, 0.05) is 26.1 Å². The second-order valence-corrected chi connectivity index (χ2v) is 11.5. The number of benzene rings is 1. The van der Waals surface area contributed by atoms with E-state index in [1.807, 2.05) is 6.92 Å². The predicted molar refractivity (Wildman–Crippen MR) is 141 cm³/mol. The number of ether oxygens (including phenoxy) is 1. The van der Waals surface area contributed by atoms with Crippen LogP contribution < -0.4 is 15.0 Å². The van der Waals surface area contributed by atoms with E-state index in [9.17, 15) is 18.3 Å². The number of nitrogens with one attached hydrogen (secondary N) is 2. The summed E-state index contributed by atoms with van der Waals surface area (Å²) < 4.78 is 36.3. The van der Waals surface area contributed by atoms with Crippen molar-refractivity contribution in [2.45, 2.75) is 63.0 Å².